The van der Waals surface area contributed by atoms with Crippen molar-refractivity contribution in [1.29, 1.82) is 0 Å². The van der Waals surface area contributed by atoms with Crippen molar-refractivity contribution in [2.24, 2.45) is 0 Å². The van der Waals surface area contributed by atoms with E-state index in [1.165, 1.54) is 16.4 Å². The van der Waals surface area contributed by atoms with Crippen LogP contribution >= 0.6 is 11.6 Å². The Morgan fingerprint density at radius 3 is 2.23 bits per heavy atom. The molecule has 31 heavy (non-hydrogen) atoms. The molecular formula is C19H22ClN3O6S2. The van der Waals surface area contributed by atoms with E-state index in [-0.39, 0.29) is 35.8 Å². The van der Waals surface area contributed by atoms with Crippen LogP contribution in [0, 0.1) is 0 Å². The smallest absolute Gasteiger partial charge is 0.335 e. The number of halogens is 1. The third kappa shape index (κ3) is 5.95. The van der Waals surface area contributed by atoms with Crippen molar-refractivity contribution in [2.75, 3.05) is 43.4 Å². The Hall–Kier alpha value is -2.18. The summed E-state index contributed by atoms with van der Waals surface area (Å²) in [7, 11) is -7.60. The highest BCUT2D eigenvalue weighted by atomic mass is 35.5. The molecule has 1 fully saturated rings. The summed E-state index contributed by atoms with van der Waals surface area (Å²) in [6.45, 7) is 1.29. The Labute approximate surface area is 186 Å². The van der Waals surface area contributed by atoms with E-state index in [0.717, 1.165) is 17.8 Å². The number of carboxylic acids is 1. The molecule has 0 bridgehead atoms. The molecule has 0 radical (unpaired) electrons. The van der Waals surface area contributed by atoms with E-state index < -0.39 is 26.0 Å². The van der Waals surface area contributed by atoms with Crippen molar-refractivity contribution in [3.63, 3.8) is 0 Å². The van der Waals surface area contributed by atoms with Crippen molar-refractivity contribution < 1.29 is 26.7 Å². The first-order valence-corrected chi connectivity index (χ1v) is 12.9. The maximum atomic E-state index is 12.6. The molecule has 168 valence electrons. The van der Waals surface area contributed by atoms with Gasteiger partial charge in [-0.05, 0) is 42.5 Å². The van der Waals surface area contributed by atoms with Crippen molar-refractivity contribution in [3.05, 3.63) is 59.1 Å². The summed E-state index contributed by atoms with van der Waals surface area (Å²) in [5.41, 5.74) is 0.879. The van der Waals surface area contributed by atoms with Gasteiger partial charge in [-0.1, -0.05) is 17.7 Å². The van der Waals surface area contributed by atoms with Crippen LogP contribution in [-0.2, 0) is 20.0 Å². The van der Waals surface area contributed by atoms with Gasteiger partial charge in [0.1, 0.15) is 0 Å². The minimum atomic E-state index is -3.95. The molecule has 2 N–H and O–H groups in total. The summed E-state index contributed by atoms with van der Waals surface area (Å²) in [5, 5.41) is 9.49. The summed E-state index contributed by atoms with van der Waals surface area (Å²) >= 11 is 6.01. The molecule has 0 amide bonds. The fraction of sp³-hybridized carbons (Fsp3) is 0.316. The summed E-state index contributed by atoms with van der Waals surface area (Å²) < 4.78 is 53.5. The molecule has 12 heteroatoms. The van der Waals surface area contributed by atoms with Crippen molar-refractivity contribution in [3.8, 4) is 0 Å². The number of sulfonamides is 2. The maximum absolute atomic E-state index is 12.6. The Morgan fingerprint density at radius 2 is 1.65 bits per heavy atom. The number of anilines is 1. The van der Waals surface area contributed by atoms with Crippen molar-refractivity contribution in [1.82, 2.24) is 9.03 Å². The summed E-state index contributed by atoms with van der Waals surface area (Å²) in [6.07, 6.45) is 0. The van der Waals surface area contributed by atoms with Gasteiger partial charge in [-0.25, -0.2) is 26.4 Å². The molecule has 0 unspecified atom stereocenters. The molecule has 0 aliphatic carbocycles. The molecular weight excluding hydrogens is 466 g/mol. The van der Waals surface area contributed by atoms with Gasteiger partial charge in [-0.15, -0.1) is 0 Å². The molecule has 0 aromatic heterocycles. The zero-order chi connectivity index (χ0) is 22.6. The van der Waals surface area contributed by atoms with E-state index in [9.17, 15) is 21.6 Å². The first-order chi connectivity index (χ1) is 14.6. The number of hydrogen-bond acceptors (Lipinski definition) is 6. The summed E-state index contributed by atoms with van der Waals surface area (Å²) in [6, 6.07) is 12.0. The normalized spacial score (nSPS) is 15.7. The van der Waals surface area contributed by atoms with E-state index in [1.807, 2.05) is 23.1 Å². The van der Waals surface area contributed by atoms with Crippen LogP contribution in [0.2, 0.25) is 5.02 Å². The summed E-state index contributed by atoms with van der Waals surface area (Å²) in [5.74, 6) is -1.55. The third-order valence-corrected chi connectivity index (χ3v) is 8.45. The fourth-order valence-electron chi connectivity index (χ4n) is 3.19. The number of nitrogens with one attached hydrogen (secondary N) is 1. The lowest BCUT2D eigenvalue weighted by molar-refractivity contribution is 0.0696. The lowest BCUT2D eigenvalue weighted by atomic mass is 10.2. The van der Waals surface area contributed by atoms with Crippen LogP contribution in [0.15, 0.2) is 53.4 Å². The van der Waals surface area contributed by atoms with Gasteiger partial charge in [-0.2, -0.15) is 4.31 Å². The van der Waals surface area contributed by atoms with Crippen molar-refractivity contribution in [2.45, 2.75) is 4.90 Å². The maximum Gasteiger partial charge on any atom is 0.335 e. The van der Waals surface area contributed by atoms with Crippen molar-refractivity contribution >= 4 is 43.3 Å². The number of piperazine rings is 1. The molecule has 3 rings (SSSR count). The van der Waals surface area contributed by atoms with E-state index >= 15 is 0 Å². The van der Waals surface area contributed by atoms with Gasteiger partial charge in [0.15, 0.2) is 0 Å². The van der Waals surface area contributed by atoms with Gasteiger partial charge in [0.2, 0.25) is 20.0 Å². The second-order valence-corrected chi connectivity index (χ2v) is 11.2. The fourth-order valence-corrected chi connectivity index (χ4v) is 5.87. The first kappa shape index (κ1) is 23.5. The van der Waals surface area contributed by atoms with Gasteiger partial charge >= 0.3 is 5.97 Å². The lowest BCUT2D eigenvalue weighted by Gasteiger charge is -2.35. The number of aromatic carboxylic acids is 1. The Morgan fingerprint density at radius 1 is 1.00 bits per heavy atom. The number of benzene rings is 2. The zero-order valence-electron chi connectivity index (χ0n) is 16.4. The van der Waals surface area contributed by atoms with Gasteiger partial charge < -0.3 is 10.0 Å². The lowest BCUT2D eigenvalue weighted by Crippen LogP contribution is -2.50. The second kappa shape index (κ2) is 9.53. The molecule has 1 saturated heterocycles. The molecule has 2 aromatic carbocycles. The number of rotatable bonds is 8. The molecule has 0 atom stereocenters. The molecule has 0 spiro atoms. The average Bonchev–Trinajstić information content (AvgIpc) is 2.73. The first-order valence-electron chi connectivity index (χ1n) is 9.40. The predicted molar refractivity (Wildman–Crippen MR) is 118 cm³/mol. The Bertz CT molecular complexity index is 1150. The molecule has 0 saturated carbocycles. The highest BCUT2D eigenvalue weighted by Gasteiger charge is 2.27. The molecule has 1 aliphatic rings. The number of hydrogen-bond donors (Lipinski definition) is 2. The number of carboxylic acid groups (broad SMARTS) is 1. The average molecular weight is 488 g/mol. The Balaban J connectivity index is 1.53. The topological polar surface area (TPSA) is 124 Å². The molecule has 9 nitrogen and oxygen atoms in total. The quantitative estimate of drug-likeness (QED) is 0.577. The predicted octanol–water partition coefficient (Wildman–Crippen LogP) is 1.47. The third-order valence-electron chi connectivity index (χ3n) is 4.87. The van der Waals surface area contributed by atoms with Crippen LogP contribution in [-0.4, -0.2) is 70.7 Å². The highest BCUT2D eigenvalue weighted by Crippen LogP contribution is 2.21. The minimum absolute atomic E-state index is 0.0431. The number of carbonyl (C=O) groups is 1. The van der Waals surface area contributed by atoms with E-state index in [1.54, 1.807) is 6.07 Å². The molecule has 1 heterocycles. The highest BCUT2D eigenvalue weighted by molar-refractivity contribution is 7.90. The zero-order valence-corrected chi connectivity index (χ0v) is 18.8. The van der Waals surface area contributed by atoms with Crippen LogP contribution in [0.25, 0.3) is 0 Å². The van der Waals surface area contributed by atoms with Gasteiger partial charge in [0, 0.05) is 43.4 Å². The van der Waals surface area contributed by atoms with Crippen LogP contribution in [0.5, 0.6) is 0 Å². The van der Waals surface area contributed by atoms with Gasteiger partial charge in [0.25, 0.3) is 0 Å². The van der Waals surface area contributed by atoms with Gasteiger partial charge in [0.05, 0.1) is 16.2 Å². The molecule has 2 aromatic rings. The SMILES string of the molecule is O=C(O)c1ccc(S(=O)(=O)NCCS(=O)(=O)N2CCN(c3cccc(Cl)c3)CC2)cc1. The van der Waals surface area contributed by atoms with Crippen LogP contribution < -0.4 is 9.62 Å². The Kier molecular flexibility index (Phi) is 7.22. The van der Waals surface area contributed by atoms with Gasteiger partial charge in [-0.3, -0.25) is 0 Å². The van der Waals surface area contributed by atoms with E-state index in [4.69, 9.17) is 16.7 Å². The number of nitrogens with zero attached hydrogens (tertiary/aromatic N) is 2. The molecule has 1 aliphatic heterocycles. The monoisotopic (exact) mass is 487 g/mol. The minimum Gasteiger partial charge on any atom is -0.478 e. The van der Waals surface area contributed by atoms with E-state index in [2.05, 4.69) is 4.72 Å². The summed E-state index contributed by atoms with van der Waals surface area (Å²) in [4.78, 5) is 12.8. The van der Waals surface area contributed by atoms with Crippen LogP contribution in [0.1, 0.15) is 10.4 Å². The van der Waals surface area contributed by atoms with E-state index in [0.29, 0.717) is 18.1 Å². The van der Waals surface area contributed by atoms with Crippen LogP contribution in [0.4, 0.5) is 5.69 Å². The largest absolute Gasteiger partial charge is 0.478 e. The second-order valence-electron chi connectivity index (χ2n) is 6.91. The van der Waals surface area contributed by atoms with Crippen LogP contribution in [0.3, 0.4) is 0 Å². The standard InChI is InChI=1S/C19H22ClN3O6S2/c20-16-2-1-3-17(14-16)22-9-11-23(12-10-22)30(26,27)13-8-21-31(28,29)18-6-4-15(5-7-18)19(24)25/h1-7,14,21H,8-13H2,(H,24,25).